The SMILES string of the molecule is CN1C(=O)C([N+](=O)[O-])=C(N2CCN(C(=O)c3cnc[nH]3)CC2)C2CCCCC21. The van der Waals surface area contributed by atoms with Crippen LogP contribution in [0.3, 0.4) is 0 Å². The van der Waals surface area contributed by atoms with Crippen molar-refractivity contribution in [3.8, 4) is 0 Å². The van der Waals surface area contributed by atoms with Gasteiger partial charge in [0.2, 0.25) is 0 Å². The lowest BCUT2D eigenvalue weighted by Gasteiger charge is -2.46. The Kier molecular flexibility index (Phi) is 4.78. The summed E-state index contributed by atoms with van der Waals surface area (Å²) in [5.74, 6) is -0.638. The van der Waals surface area contributed by atoms with Gasteiger partial charge in [-0.05, 0) is 12.8 Å². The molecule has 1 aromatic rings. The van der Waals surface area contributed by atoms with Crippen LogP contribution in [-0.4, -0.2) is 80.7 Å². The lowest BCUT2D eigenvalue weighted by Crippen LogP contribution is -2.56. The molecule has 0 bridgehead atoms. The molecule has 2 unspecified atom stereocenters. The zero-order valence-corrected chi connectivity index (χ0v) is 15.8. The van der Waals surface area contributed by atoms with E-state index in [9.17, 15) is 19.7 Å². The minimum Gasteiger partial charge on any atom is -0.365 e. The topological polar surface area (TPSA) is 116 Å². The van der Waals surface area contributed by atoms with E-state index >= 15 is 0 Å². The molecule has 3 heterocycles. The third-order valence-electron chi connectivity index (χ3n) is 6.16. The molecule has 2 atom stereocenters. The number of nitro groups is 1. The Balaban J connectivity index is 1.58. The monoisotopic (exact) mass is 388 g/mol. The summed E-state index contributed by atoms with van der Waals surface area (Å²) in [6, 6.07) is 0.0182. The van der Waals surface area contributed by atoms with Crippen molar-refractivity contribution in [1.82, 2.24) is 24.7 Å². The molecule has 1 aromatic heterocycles. The summed E-state index contributed by atoms with van der Waals surface area (Å²) in [6.07, 6.45) is 6.72. The van der Waals surface area contributed by atoms with E-state index in [0.717, 1.165) is 25.7 Å². The summed E-state index contributed by atoms with van der Waals surface area (Å²) in [5, 5.41) is 11.8. The summed E-state index contributed by atoms with van der Waals surface area (Å²) in [5.41, 5.74) is 0.714. The first-order chi connectivity index (χ1) is 13.5. The van der Waals surface area contributed by atoms with Crippen LogP contribution in [0.4, 0.5) is 0 Å². The van der Waals surface area contributed by atoms with Gasteiger partial charge < -0.3 is 19.7 Å². The number of carbonyl (C=O) groups is 2. The molecule has 2 fully saturated rings. The van der Waals surface area contributed by atoms with Crippen molar-refractivity contribution in [2.45, 2.75) is 31.7 Å². The average Bonchev–Trinajstić information content (AvgIpc) is 3.25. The van der Waals surface area contributed by atoms with Crippen molar-refractivity contribution in [1.29, 1.82) is 0 Å². The van der Waals surface area contributed by atoms with Gasteiger partial charge in [-0.25, -0.2) is 4.98 Å². The van der Waals surface area contributed by atoms with Crippen LogP contribution >= 0.6 is 0 Å². The van der Waals surface area contributed by atoms with Gasteiger partial charge in [0.05, 0.1) is 17.4 Å². The van der Waals surface area contributed by atoms with Gasteiger partial charge in [-0.2, -0.15) is 0 Å². The summed E-state index contributed by atoms with van der Waals surface area (Å²) in [4.78, 5) is 48.4. The maximum absolute atomic E-state index is 12.7. The number of rotatable bonds is 3. The highest BCUT2D eigenvalue weighted by Crippen LogP contribution is 2.40. The molecule has 1 N–H and O–H groups in total. The van der Waals surface area contributed by atoms with Crippen molar-refractivity contribution in [2.75, 3.05) is 33.2 Å². The molecular weight excluding hydrogens is 364 g/mol. The van der Waals surface area contributed by atoms with Crippen LogP contribution in [-0.2, 0) is 4.79 Å². The highest BCUT2D eigenvalue weighted by molar-refractivity contribution is 5.93. The fourth-order valence-corrected chi connectivity index (χ4v) is 4.75. The van der Waals surface area contributed by atoms with Gasteiger partial charge in [-0.1, -0.05) is 12.8 Å². The lowest BCUT2D eigenvalue weighted by molar-refractivity contribution is -0.424. The summed E-state index contributed by atoms with van der Waals surface area (Å²) < 4.78 is 0. The maximum Gasteiger partial charge on any atom is 0.352 e. The van der Waals surface area contributed by atoms with Gasteiger partial charge >= 0.3 is 11.6 Å². The van der Waals surface area contributed by atoms with E-state index in [1.165, 1.54) is 12.5 Å². The van der Waals surface area contributed by atoms with E-state index in [1.807, 2.05) is 4.90 Å². The maximum atomic E-state index is 12.7. The number of imidazole rings is 1. The number of nitrogens with one attached hydrogen (secondary N) is 1. The normalized spacial score (nSPS) is 25.8. The van der Waals surface area contributed by atoms with Crippen molar-refractivity contribution in [2.24, 2.45) is 5.92 Å². The minimum atomic E-state index is -0.527. The highest BCUT2D eigenvalue weighted by Gasteiger charge is 2.48. The standard InChI is InChI=1S/C18H24N6O4/c1-21-14-5-3-2-4-12(14)15(16(18(21)26)24(27)28)22-6-8-23(9-7-22)17(25)13-10-19-11-20-13/h10-12,14H,2-9H2,1H3,(H,19,20). The van der Waals surface area contributed by atoms with Crippen molar-refractivity contribution >= 4 is 11.8 Å². The second kappa shape index (κ2) is 7.25. The molecule has 2 amide bonds. The molecule has 1 saturated carbocycles. The molecule has 1 aliphatic carbocycles. The number of likely N-dealkylation sites (N-methyl/N-ethyl adjacent to an activating group) is 1. The highest BCUT2D eigenvalue weighted by atomic mass is 16.6. The van der Waals surface area contributed by atoms with Crippen molar-refractivity contribution in [3.63, 3.8) is 0 Å². The van der Waals surface area contributed by atoms with Crippen molar-refractivity contribution < 1.29 is 14.5 Å². The molecule has 1 saturated heterocycles. The first-order valence-electron chi connectivity index (χ1n) is 9.67. The van der Waals surface area contributed by atoms with Crippen LogP contribution in [0.2, 0.25) is 0 Å². The average molecular weight is 388 g/mol. The Morgan fingerprint density at radius 3 is 2.61 bits per heavy atom. The number of amides is 2. The molecular formula is C18H24N6O4. The van der Waals surface area contributed by atoms with E-state index < -0.39 is 10.8 Å². The van der Waals surface area contributed by atoms with E-state index in [1.54, 1.807) is 16.8 Å². The molecule has 0 spiro atoms. The zero-order valence-electron chi connectivity index (χ0n) is 15.8. The molecule has 150 valence electrons. The molecule has 0 radical (unpaired) electrons. The van der Waals surface area contributed by atoms with Crippen LogP contribution in [0.25, 0.3) is 0 Å². The Bertz CT molecular complexity index is 812. The zero-order chi connectivity index (χ0) is 19.8. The van der Waals surface area contributed by atoms with Gasteiger partial charge in [0.15, 0.2) is 0 Å². The summed E-state index contributed by atoms with van der Waals surface area (Å²) in [6.45, 7) is 1.86. The first-order valence-corrected chi connectivity index (χ1v) is 9.67. The number of carbonyl (C=O) groups excluding carboxylic acids is 2. The predicted molar refractivity (Wildman–Crippen MR) is 98.6 cm³/mol. The Labute approximate surface area is 162 Å². The molecule has 28 heavy (non-hydrogen) atoms. The summed E-state index contributed by atoms with van der Waals surface area (Å²) >= 11 is 0. The van der Waals surface area contributed by atoms with Crippen LogP contribution < -0.4 is 0 Å². The number of aromatic amines is 1. The molecule has 4 rings (SSSR count). The largest absolute Gasteiger partial charge is 0.365 e. The number of nitrogens with zero attached hydrogens (tertiary/aromatic N) is 5. The van der Waals surface area contributed by atoms with Crippen LogP contribution in [0.1, 0.15) is 36.2 Å². The molecule has 0 aromatic carbocycles. The minimum absolute atomic E-state index is 0.00768. The second-order valence-electron chi connectivity index (χ2n) is 7.61. The van der Waals surface area contributed by atoms with Crippen molar-refractivity contribution in [3.05, 3.63) is 39.7 Å². The fourth-order valence-electron chi connectivity index (χ4n) is 4.75. The summed E-state index contributed by atoms with van der Waals surface area (Å²) in [7, 11) is 1.67. The second-order valence-corrected chi connectivity index (χ2v) is 7.61. The van der Waals surface area contributed by atoms with Gasteiger partial charge in [-0.15, -0.1) is 0 Å². The Morgan fingerprint density at radius 2 is 1.96 bits per heavy atom. The van der Waals surface area contributed by atoms with E-state index in [0.29, 0.717) is 37.6 Å². The van der Waals surface area contributed by atoms with E-state index in [-0.39, 0.29) is 23.6 Å². The third-order valence-corrected chi connectivity index (χ3v) is 6.16. The Morgan fingerprint density at radius 1 is 1.25 bits per heavy atom. The van der Waals surface area contributed by atoms with Gasteiger partial charge in [0.1, 0.15) is 11.4 Å². The quantitative estimate of drug-likeness (QED) is 0.602. The smallest absolute Gasteiger partial charge is 0.352 e. The lowest BCUT2D eigenvalue weighted by atomic mass is 9.78. The number of hydrogen-bond acceptors (Lipinski definition) is 6. The fraction of sp³-hybridized carbons (Fsp3) is 0.611. The number of piperazine rings is 1. The van der Waals surface area contributed by atoms with Crippen LogP contribution in [0.5, 0.6) is 0 Å². The molecule has 10 nitrogen and oxygen atoms in total. The van der Waals surface area contributed by atoms with Crippen LogP contribution in [0, 0.1) is 16.0 Å². The number of H-pyrrole nitrogens is 1. The number of hydrogen-bond donors (Lipinski definition) is 1. The van der Waals surface area contributed by atoms with E-state index in [4.69, 9.17) is 0 Å². The molecule has 10 heteroatoms. The predicted octanol–water partition coefficient (Wildman–Crippen LogP) is 0.687. The number of fused-ring (bicyclic) bond motifs is 1. The van der Waals surface area contributed by atoms with Gasteiger partial charge in [0, 0.05) is 45.2 Å². The third kappa shape index (κ3) is 3.02. The first kappa shape index (κ1) is 18.5. The van der Waals surface area contributed by atoms with Crippen LogP contribution in [0.15, 0.2) is 23.9 Å². The van der Waals surface area contributed by atoms with E-state index in [2.05, 4.69) is 9.97 Å². The Hall–Kier alpha value is -2.91. The molecule has 3 aliphatic rings. The van der Waals surface area contributed by atoms with Gasteiger partial charge in [0.25, 0.3) is 5.91 Å². The number of aromatic nitrogens is 2. The molecule has 2 aliphatic heterocycles. The van der Waals surface area contributed by atoms with Gasteiger partial charge in [-0.3, -0.25) is 19.7 Å².